The van der Waals surface area contributed by atoms with E-state index in [4.69, 9.17) is 0 Å². The van der Waals surface area contributed by atoms with Crippen molar-refractivity contribution in [2.45, 2.75) is 31.8 Å². The topological polar surface area (TPSA) is 66.4 Å². The van der Waals surface area contributed by atoms with Gasteiger partial charge in [-0.15, -0.1) is 0 Å². The van der Waals surface area contributed by atoms with Crippen LogP contribution in [-0.2, 0) is 15.2 Å². The first-order valence-corrected chi connectivity index (χ1v) is 7.58. The second kappa shape index (κ2) is 4.67. The Balaban J connectivity index is 2.09. The van der Waals surface area contributed by atoms with Gasteiger partial charge in [-0.25, -0.2) is 0 Å². The van der Waals surface area contributed by atoms with E-state index in [1.165, 1.54) is 0 Å². The maximum Gasteiger partial charge on any atom is 0.261 e. The number of aliphatic hydroxyl groups is 1. The Morgan fingerprint density at radius 3 is 2.90 bits per heavy atom. The minimum Gasteiger partial charge on any atom is -0.375 e. The van der Waals surface area contributed by atoms with Gasteiger partial charge >= 0.3 is 0 Å². The summed E-state index contributed by atoms with van der Waals surface area (Å²) < 4.78 is 0.780. The maximum absolute atomic E-state index is 12.3. The lowest BCUT2D eigenvalue weighted by Crippen LogP contribution is -2.47. The minimum atomic E-state index is -1.73. The third kappa shape index (κ3) is 1.91. The van der Waals surface area contributed by atoms with Crippen LogP contribution in [0.4, 0.5) is 5.69 Å². The number of anilines is 1. The molecule has 0 bridgehead atoms. The normalized spacial score (nSPS) is 33.0. The molecule has 1 aromatic rings. The number of hydrogen-bond acceptors (Lipinski definition) is 3. The van der Waals surface area contributed by atoms with Gasteiger partial charge in [0.2, 0.25) is 0 Å². The number of carbonyl (C=O) groups is 2. The van der Waals surface area contributed by atoms with Crippen LogP contribution in [0, 0.1) is 11.8 Å². The van der Waals surface area contributed by atoms with Gasteiger partial charge in [0.1, 0.15) is 5.78 Å². The van der Waals surface area contributed by atoms with Gasteiger partial charge in [-0.3, -0.25) is 9.59 Å². The Morgan fingerprint density at radius 1 is 1.40 bits per heavy atom. The van der Waals surface area contributed by atoms with Gasteiger partial charge in [-0.1, -0.05) is 22.9 Å². The van der Waals surface area contributed by atoms with Gasteiger partial charge in [0.15, 0.2) is 5.60 Å². The molecule has 1 aliphatic heterocycles. The number of carbonyl (C=O) groups excluding carboxylic acids is 2. The molecule has 1 heterocycles. The molecule has 1 fully saturated rings. The summed E-state index contributed by atoms with van der Waals surface area (Å²) in [5.74, 6) is -0.820. The summed E-state index contributed by atoms with van der Waals surface area (Å²) in [6, 6.07) is 5.27. The van der Waals surface area contributed by atoms with E-state index in [-0.39, 0.29) is 5.78 Å². The fourth-order valence-corrected chi connectivity index (χ4v) is 3.61. The van der Waals surface area contributed by atoms with Crippen LogP contribution >= 0.6 is 15.9 Å². The summed E-state index contributed by atoms with van der Waals surface area (Å²) in [5, 5.41) is 13.7. The summed E-state index contributed by atoms with van der Waals surface area (Å²) in [5.41, 5.74) is -0.638. The fraction of sp³-hybridized carbons (Fsp3) is 0.467. The zero-order valence-electron chi connectivity index (χ0n) is 11.1. The van der Waals surface area contributed by atoms with E-state index >= 15 is 0 Å². The van der Waals surface area contributed by atoms with Gasteiger partial charge in [0, 0.05) is 22.1 Å². The molecule has 1 aromatic carbocycles. The summed E-state index contributed by atoms with van der Waals surface area (Å²) >= 11 is 3.35. The Bertz CT molecular complexity index is 601. The number of fused-ring (bicyclic) bond motifs is 1. The molecule has 5 heteroatoms. The zero-order valence-corrected chi connectivity index (χ0v) is 12.7. The second-order valence-corrected chi connectivity index (χ2v) is 6.72. The third-order valence-corrected chi connectivity index (χ3v) is 4.89. The number of nitrogens with one attached hydrogen (secondary N) is 1. The van der Waals surface area contributed by atoms with Crippen molar-refractivity contribution >= 4 is 33.3 Å². The highest BCUT2D eigenvalue weighted by molar-refractivity contribution is 9.10. The molecule has 3 atom stereocenters. The van der Waals surface area contributed by atoms with Crippen molar-refractivity contribution in [2.75, 3.05) is 5.32 Å². The zero-order chi connectivity index (χ0) is 14.5. The quantitative estimate of drug-likeness (QED) is 0.827. The van der Waals surface area contributed by atoms with Crippen molar-refractivity contribution in [3.05, 3.63) is 28.2 Å². The summed E-state index contributed by atoms with van der Waals surface area (Å²) in [7, 11) is 0. The number of rotatable bonds is 1. The lowest BCUT2D eigenvalue weighted by molar-refractivity contribution is -0.151. The summed E-state index contributed by atoms with van der Waals surface area (Å²) in [6.45, 7) is 2.05. The largest absolute Gasteiger partial charge is 0.375 e. The molecule has 0 radical (unpaired) electrons. The molecule has 106 valence electrons. The molecule has 0 saturated heterocycles. The van der Waals surface area contributed by atoms with Crippen molar-refractivity contribution in [1.82, 2.24) is 0 Å². The van der Waals surface area contributed by atoms with E-state index in [0.29, 0.717) is 30.0 Å². The molecule has 0 unspecified atom stereocenters. The second-order valence-electron chi connectivity index (χ2n) is 5.81. The molecule has 0 spiro atoms. The molecule has 1 amide bonds. The van der Waals surface area contributed by atoms with E-state index in [9.17, 15) is 14.7 Å². The van der Waals surface area contributed by atoms with Crippen molar-refractivity contribution < 1.29 is 14.7 Å². The number of ketones is 1. The number of hydrogen-bond donors (Lipinski definition) is 2. The molecule has 4 nitrogen and oxygen atoms in total. The Labute approximate surface area is 125 Å². The van der Waals surface area contributed by atoms with Crippen molar-refractivity contribution in [3.8, 4) is 0 Å². The van der Waals surface area contributed by atoms with E-state index in [1.54, 1.807) is 18.2 Å². The molecule has 20 heavy (non-hydrogen) atoms. The van der Waals surface area contributed by atoms with E-state index in [0.717, 1.165) is 10.9 Å². The predicted octanol–water partition coefficient (Wildman–Crippen LogP) is 2.59. The average molecular weight is 338 g/mol. The number of Topliss-reactive ketones (excluding diaryl/α,β-unsaturated/α-hetero) is 1. The monoisotopic (exact) mass is 337 g/mol. The van der Waals surface area contributed by atoms with Gasteiger partial charge in [0.25, 0.3) is 5.91 Å². The fourth-order valence-electron chi connectivity index (χ4n) is 3.24. The van der Waals surface area contributed by atoms with Gasteiger partial charge in [-0.05, 0) is 37.0 Å². The van der Waals surface area contributed by atoms with Crippen LogP contribution in [0.15, 0.2) is 22.7 Å². The molecule has 2 aliphatic rings. The van der Waals surface area contributed by atoms with Crippen LogP contribution in [0.5, 0.6) is 0 Å². The lowest BCUT2D eigenvalue weighted by atomic mass is 9.70. The average Bonchev–Trinajstić information content (AvgIpc) is 2.66. The van der Waals surface area contributed by atoms with E-state index < -0.39 is 17.4 Å². The van der Waals surface area contributed by atoms with Gasteiger partial charge in [-0.2, -0.15) is 0 Å². The Morgan fingerprint density at radius 2 is 2.15 bits per heavy atom. The first kappa shape index (κ1) is 13.8. The van der Waals surface area contributed by atoms with Crippen LogP contribution < -0.4 is 5.32 Å². The Hall–Kier alpha value is -1.20. The molecule has 0 aromatic heterocycles. The van der Waals surface area contributed by atoms with Crippen LogP contribution in [-0.4, -0.2) is 16.8 Å². The van der Waals surface area contributed by atoms with Crippen LogP contribution in [0.2, 0.25) is 0 Å². The third-order valence-electron chi connectivity index (χ3n) is 4.40. The van der Waals surface area contributed by atoms with Gasteiger partial charge in [0.05, 0.1) is 5.92 Å². The standard InChI is InChI=1S/C15H16BrNO3/c1-8-2-5-13(18)11(6-8)15(20)10-7-9(16)3-4-12(10)17-14(15)19/h3-4,7-8,11,20H,2,5-6H2,1H3,(H,17,19)/t8-,11-,15+/m0/s1. The first-order chi connectivity index (χ1) is 9.42. The van der Waals surface area contributed by atoms with Crippen LogP contribution in [0.25, 0.3) is 0 Å². The van der Waals surface area contributed by atoms with Crippen molar-refractivity contribution in [3.63, 3.8) is 0 Å². The first-order valence-electron chi connectivity index (χ1n) is 6.79. The number of amides is 1. The summed E-state index contributed by atoms with van der Waals surface area (Å²) in [6.07, 6.45) is 1.82. The van der Waals surface area contributed by atoms with E-state index in [1.807, 2.05) is 0 Å². The smallest absolute Gasteiger partial charge is 0.261 e. The van der Waals surface area contributed by atoms with E-state index in [2.05, 4.69) is 28.2 Å². The van der Waals surface area contributed by atoms with Crippen molar-refractivity contribution in [2.24, 2.45) is 11.8 Å². The van der Waals surface area contributed by atoms with Gasteiger partial charge < -0.3 is 10.4 Å². The molecule has 1 aliphatic carbocycles. The highest BCUT2D eigenvalue weighted by Crippen LogP contribution is 2.46. The SMILES string of the molecule is C[C@H]1CCC(=O)[C@@H]([C@@]2(O)C(=O)Nc3ccc(Br)cc32)C1. The molecular weight excluding hydrogens is 322 g/mol. The molecule has 2 N–H and O–H groups in total. The lowest BCUT2D eigenvalue weighted by Gasteiger charge is -2.35. The molecule has 3 rings (SSSR count). The maximum atomic E-state index is 12.3. The minimum absolute atomic E-state index is 0.0198. The predicted molar refractivity (Wildman–Crippen MR) is 78.2 cm³/mol. The summed E-state index contributed by atoms with van der Waals surface area (Å²) in [4.78, 5) is 24.5. The number of halogens is 1. The molecule has 1 saturated carbocycles. The van der Waals surface area contributed by atoms with Crippen LogP contribution in [0.1, 0.15) is 31.7 Å². The van der Waals surface area contributed by atoms with Crippen molar-refractivity contribution in [1.29, 1.82) is 0 Å². The molecular formula is C15H16BrNO3. The number of benzene rings is 1. The highest BCUT2D eigenvalue weighted by atomic mass is 79.9. The highest BCUT2D eigenvalue weighted by Gasteiger charge is 2.54. The Kier molecular flexibility index (Phi) is 3.21. The van der Waals surface area contributed by atoms with Crippen LogP contribution in [0.3, 0.4) is 0 Å².